The van der Waals surface area contributed by atoms with Crippen LogP contribution in [0.5, 0.6) is 5.75 Å². The Kier molecular flexibility index (Phi) is 5.97. The summed E-state index contributed by atoms with van der Waals surface area (Å²) in [6.45, 7) is 1.74. The van der Waals surface area contributed by atoms with Gasteiger partial charge in [-0.15, -0.1) is 0 Å². The van der Waals surface area contributed by atoms with Crippen LogP contribution >= 0.6 is 0 Å². The molecule has 0 bridgehead atoms. The molecule has 1 heterocycles. The van der Waals surface area contributed by atoms with Crippen LogP contribution in [-0.4, -0.2) is 23.0 Å². The number of amides is 1. The Hall–Kier alpha value is -3.61. The van der Waals surface area contributed by atoms with Crippen LogP contribution in [0.1, 0.15) is 23.1 Å². The summed E-state index contributed by atoms with van der Waals surface area (Å²) in [5, 5.41) is 24.0. The molecule has 3 aromatic rings. The van der Waals surface area contributed by atoms with Crippen LogP contribution in [0, 0.1) is 6.92 Å². The van der Waals surface area contributed by atoms with Gasteiger partial charge < -0.3 is 24.7 Å². The molecule has 150 valence electrons. The van der Waals surface area contributed by atoms with Gasteiger partial charge in [-0.1, -0.05) is 30.3 Å². The maximum Gasteiger partial charge on any atom is 0.339 e. The number of carboxylic acid groups (broad SMARTS) is 1. The number of hydrogen-bond donors (Lipinski definition) is 2. The van der Waals surface area contributed by atoms with Crippen LogP contribution in [-0.2, 0) is 22.4 Å². The largest absolute Gasteiger partial charge is 0.548 e. The zero-order chi connectivity index (χ0) is 21.0. The smallest absolute Gasteiger partial charge is 0.339 e. The van der Waals surface area contributed by atoms with Crippen molar-refractivity contribution in [2.45, 2.75) is 32.2 Å². The van der Waals surface area contributed by atoms with Crippen LogP contribution in [0.3, 0.4) is 0 Å². The Morgan fingerprint density at radius 2 is 1.90 bits per heavy atom. The molecule has 1 amide bonds. The zero-order valence-corrected chi connectivity index (χ0v) is 15.8. The summed E-state index contributed by atoms with van der Waals surface area (Å²) in [7, 11) is 0. The quantitative estimate of drug-likeness (QED) is 0.582. The molecule has 0 saturated carbocycles. The van der Waals surface area contributed by atoms with E-state index >= 15 is 0 Å². The standard InChI is InChI=1S/C22H21NO6/c1-13-16-8-7-15(24)12-19(16)29-22(28)17(13)9-10-20(25)23-18(21(26)27)11-14-5-3-2-4-6-14/h2-8,12,18,24H,9-11H2,1H3,(H,23,25)(H,26,27)/p-1/t18-/m0/s1. The van der Waals surface area contributed by atoms with Crippen molar-refractivity contribution >= 4 is 22.8 Å². The van der Waals surface area contributed by atoms with Gasteiger partial charge in [-0.25, -0.2) is 4.79 Å². The first kappa shape index (κ1) is 20.1. The second kappa shape index (κ2) is 8.60. The minimum Gasteiger partial charge on any atom is -0.548 e. The van der Waals surface area contributed by atoms with E-state index in [1.807, 2.05) is 6.07 Å². The number of aryl methyl sites for hydroxylation is 1. The molecule has 3 rings (SSSR count). The van der Waals surface area contributed by atoms with Gasteiger partial charge in [0.1, 0.15) is 11.3 Å². The summed E-state index contributed by atoms with van der Waals surface area (Å²) in [5.74, 6) is -1.89. The first-order valence-electron chi connectivity index (χ1n) is 9.14. The predicted octanol–water partition coefficient (Wildman–Crippen LogP) is 1.22. The summed E-state index contributed by atoms with van der Waals surface area (Å²) >= 11 is 0. The molecule has 1 atom stereocenters. The lowest BCUT2D eigenvalue weighted by Gasteiger charge is -2.20. The fourth-order valence-corrected chi connectivity index (χ4v) is 3.22. The number of carbonyl (C=O) groups excluding carboxylic acids is 2. The predicted molar refractivity (Wildman–Crippen MR) is 104 cm³/mol. The third-order valence-electron chi connectivity index (χ3n) is 4.78. The minimum absolute atomic E-state index is 0.0149. The molecule has 7 heteroatoms. The van der Waals surface area contributed by atoms with Gasteiger partial charge >= 0.3 is 5.63 Å². The first-order chi connectivity index (χ1) is 13.8. The number of carbonyl (C=O) groups is 2. The third-order valence-corrected chi connectivity index (χ3v) is 4.78. The lowest BCUT2D eigenvalue weighted by molar-refractivity contribution is -0.308. The number of phenolic OH excluding ortho intramolecular Hbond substituents is 1. The molecule has 29 heavy (non-hydrogen) atoms. The van der Waals surface area contributed by atoms with E-state index in [-0.39, 0.29) is 30.6 Å². The summed E-state index contributed by atoms with van der Waals surface area (Å²) in [6, 6.07) is 12.2. The van der Waals surface area contributed by atoms with Crippen molar-refractivity contribution in [3.63, 3.8) is 0 Å². The highest BCUT2D eigenvalue weighted by Crippen LogP contribution is 2.23. The SMILES string of the molecule is Cc1c(CCC(=O)N[C@@H](Cc2ccccc2)C(=O)[O-])c(=O)oc2cc(O)ccc12. The van der Waals surface area contributed by atoms with Gasteiger partial charge in [0, 0.05) is 23.4 Å². The molecule has 1 aromatic heterocycles. The van der Waals surface area contributed by atoms with E-state index in [1.165, 1.54) is 12.1 Å². The van der Waals surface area contributed by atoms with Crippen molar-refractivity contribution in [3.8, 4) is 5.75 Å². The molecule has 0 unspecified atom stereocenters. The van der Waals surface area contributed by atoms with Gasteiger partial charge in [-0.3, -0.25) is 4.79 Å². The highest BCUT2D eigenvalue weighted by molar-refractivity contribution is 5.84. The van der Waals surface area contributed by atoms with E-state index in [0.717, 1.165) is 5.56 Å². The van der Waals surface area contributed by atoms with E-state index in [0.29, 0.717) is 16.5 Å². The topological polar surface area (TPSA) is 120 Å². The normalized spacial score (nSPS) is 11.9. The number of nitrogens with one attached hydrogen (secondary N) is 1. The number of fused-ring (bicyclic) bond motifs is 1. The van der Waals surface area contributed by atoms with Crippen molar-refractivity contribution in [2.24, 2.45) is 0 Å². The number of aliphatic carboxylic acids is 1. The monoisotopic (exact) mass is 394 g/mol. The molecule has 0 aliphatic heterocycles. The molecule has 0 aliphatic carbocycles. The maximum absolute atomic E-state index is 12.3. The number of benzene rings is 2. The fourth-order valence-electron chi connectivity index (χ4n) is 3.22. The summed E-state index contributed by atoms with van der Waals surface area (Å²) in [6.07, 6.45) is 0.130. The summed E-state index contributed by atoms with van der Waals surface area (Å²) < 4.78 is 5.23. The molecule has 2 aromatic carbocycles. The fraction of sp³-hybridized carbons (Fsp3) is 0.227. The Labute approximate surface area is 166 Å². The third kappa shape index (κ3) is 4.82. The maximum atomic E-state index is 12.3. The lowest BCUT2D eigenvalue weighted by atomic mass is 10.0. The Bertz CT molecular complexity index is 1100. The Morgan fingerprint density at radius 3 is 2.59 bits per heavy atom. The Balaban J connectivity index is 1.70. The average Bonchev–Trinajstić information content (AvgIpc) is 2.67. The van der Waals surface area contributed by atoms with Gasteiger partial charge in [0.2, 0.25) is 5.91 Å². The van der Waals surface area contributed by atoms with Gasteiger partial charge in [-0.2, -0.15) is 0 Å². The summed E-state index contributed by atoms with van der Waals surface area (Å²) in [5.41, 5.74) is 1.43. The molecular weight excluding hydrogens is 374 g/mol. The number of rotatable bonds is 7. The first-order valence-corrected chi connectivity index (χ1v) is 9.14. The van der Waals surface area contributed by atoms with Crippen molar-refractivity contribution in [1.82, 2.24) is 5.32 Å². The van der Waals surface area contributed by atoms with E-state index in [1.54, 1.807) is 37.3 Å². The molecule has 0 radical (unpaired) electrons. The van der Waals surface area contributed by atoms with E-state index in [9.17, 15) is 24.6 Å². The van der Waals surface area contributed by atoms with Crippen molar-refractivity contribution < 1.29 is 24.2 Å². The van der Waals surface area contributed by atoms with Gasteiger partial charge in [0.15, 0.2) is 0 Å². The van der Waals surface area contributed by atoms with Crippen LogP contribution in [0.2, 0.25) is 0 Å². The van der Waals surface area contributed by atoms with Crippen LogP contribution in [0.4, 0.5) is 0 Å². The summed E-state index contributed by atoms with van der Waals surface area (Å²) in [4.78, 5) is 35.9. The second-order valence-corrected chi connectivity index (χ2v) is 6.80. The van der Waals surface area contributed by atoms with Gasteiger partial charge in [0.25, 0.3) is 0 Å². The van der Waals surface area contributed by atoms with Crippen LogP contribution in [0.25, 0.3) is 11.0 Å². The molecule has 0 fully saturated rings. The van der Waals surface area contributed by atoms with Crippen molar-refractivity contribution in [2.75, 3.05) is 0 Å². The molecular formula is C22H20NO6-. The van der Waals surface area contributed by atoms with Crippen LogP contribution < -0.4 is 16.0 Å². The molecule has 0 spiro atoms. The molecule has 2 N–H and O–H groups in total. The van der Waals surface area contributed by atoms with Crippen LogP contribution in [0.15, 0.2) is 57.7 Å². The van der Waals surface area contributed by atoms with E-state index in [4.69, 9.17) is 4.42 Å². The molecule has 7 nitrogen and oxygen atoms in total. The van der Waals surface area contributed by atoms with Crippen molar-refractivity contribution in [1.29, 1.82) is 0 Å². The molecule has 0 aliphatic rings. The molecule has 0 saturated heterocycles. The van der Waals surface area contributed by atoms with E-state index in [2.05, 4.69) is 5.32 Å². The minimum atomic E-state index is -1.37. The van der Waals surface area contributed by atoms with Gasteiger partial charge in [-0.05, 0) is 43.0 Å². The Morgan fingerprint density at radius 1 is 1.17 bits per heavy atom. The average molecular weight is 394 g/mol. The lowest BCUT2D eigenvalue weighted by Crippen LogP contribution is -2.49. The highest BCUT2D eigenvalue weighted by atomic mass is 16.4. The van der Waals surface area contributed by atoms with Gasteiger partial charge in [0.05, 0.1) is 12.0 Å². The number of phenols is 1. The number of aromatic hydroxyl groups is 1. The highest BCUT2D eigenvalue weighted by Gasteiger charge is 2.17. The number of hydrogen-bond acceptors (Lipinski definition) is 6. The zero-order valence-electron chi connectivity index (χ0n) is 15.8. The van der Waals surface area contributed by atoms with Crippen molar-refractivity contribution in [3.05, 3.63) is 75.6 Å². The number of carboxylic acids is 1. The second-order valence-electron chi connectivity index (χ2n) is 6.80. The van der Waals surface area contributed by atoms with E-state index < -0.39 is 23.5 Å².